The van der Waals surface area contributed by atoms with Gasteiger partial charge in [0, 0.05) is 38.8 Å². The van der Waals surface area contributed by atoms with Crippen LogP contribution in [0.4, 0.5) is 4.79 Å². The van der Waals surface area contributed by atoms with Crippen molar-refractivity contribution in [3.63, 3.8) is 0 Å². The van der Waals surface area contributed by atoms with Gasteiger partial charge in [0.1, 0.15) is 23.7 Å². The Bertz CT molecular complexity index is 995. The molecule has 0 fully saturated rings. The second kappa shape index (κ2) is 22.6. The SMILES string of the molecule is CC/C=C(\O)CCC(NC(=O)CCC(NC(=O)CCCCCCCNC(=O)OC(C)(C)C)C(=O)NC(CCO)C(=O)O)C(=O)O. The highest BCUT2D eigenvalue weighted by Crippen LogP contribution is 2.10. The molecule has 0 heterocycles. The number of alkyl carbamates (subject to hydrolysis) is 1. The molecule has 0 saturated carbocycles. The summed E-state index contributed by atoms with van der Waals surface area (Å²) in [7, 11) is 0. The summed E-state index contributed by atoms with van der Waals surface area (Å²) in [6.45, 7) is 7.08. The molecule has 0 aliphatic rings. The lowest BCUT2D eigenvalue weighted by atomic mass is 10.1. The quantitative estimate of drug-likeness (QED) is 0.0592. The van der Waals surface area contributed by atoms with Gasteiger partial charge in [-0.3, -0.25) is 14.4 Å². The van der Waals surface area contributed by atoms with Crippen LogP contribution in [-0.2, 0) is 28.7 Å². The third-order valence-electron chi connectivity index (χ3n) is 6.36. The van der Waals surface area contributed by atoms with E-state index < -0.39 is 66.1 Å². The largest absolute Gasteiger partial charge is 0.513 e. The number of hydrogen-bond acceptors (Lipinski definition) is 9. The van der Waals surface area contributed by atoms with Crippen LogP contribution in [0.25, 0.3) is 0 Å². The summed E-state index contributed by atoms with van der Waals surface area (Å²) in [5, 5.41) is 47.4. The molecule has 0 rings (SSSR count). The van der Waals surface area contributed by atoms with Crippen molar-refractivity contribution < 1.29 is 53.9 Å². The number of aliphatic hydroxyl groups is 2. The molecule has 3 atom stereocenters. The number of nitrogens with one attached hydrogen (secondary N) is 4. The number of carboxylic acids is 2. The Morgan fingerprint density at radius 2 is 1.24 bits per heavy atom. The Kier molecular flexibility index (Phi) is 20.7. The zero-order valence-electron chi connectivity index (χ0n) is 26.9. The Morgan fingerprint density at radius 1 is 0.711 bits per heavy atom. The maximum absolute atomic E-state index is 12.9. The monoisotopic (exact) mass is 644 g/mol. The minimum Gasteiger partial charge on any atom is -0.513 e. The van der Waals surface area contributed by atoms with Gasteiger partial charge in [0.15, 0.2) is 0 Å². The van der Waals surface area contributed by atoms with Crippen LogP contribution in [0.15, 0.2) is 11.8 Å². The molecule has 0 saturated heterocycles. The predicted octanol–water partition coefficient (Wildman–Crippen LogP) is 2.27. The summed E-state index contributed by atoms with van der Waals surface area (Å²) in [5.74, 6) is -4.74. The molecule has 0 aromatic rings. The van der Waals surface area contributed by atoms with Crippen molar-refractivity contribution in [2.45, 2.75) is 128 Å². The fraction of sp³-hybridized carbons (Fsp3) is 0.733. The average Bonchev–Trinajstić information content (AvgIpc) is 2.93. The fourth-order valence-electron chi connectivity index (χ4n) is 4.07. The second-order valence-corrected chi connectivity index (χ2v) is 11.6. The zero-order chi connectivity index (χ0) is 34.4. The van der Waals surface area contributed by atoms with Gasteiger partial charge in [0.05, 0.1) is 5.76 Å². The summed E-state index contributed by atoms with van der Waals surface area (Å²) in [6, 6.07) is -4.00. The number of allylic oxidation sites excluding steroid dienone is 2. The first-order valence-electron chi connectivity index (χ1n) is 15.4. The predicted molar refractivity (Wildman–Crippen MR) is 164 cm³/mol. The third-order valence-corrected chi connectivity index (χ3v) is 6.36. The van der Waals surface area contributed by atoms with Gasteiger partial charge < -0.3 is 46.4 Å². The number of unbranched alkanes of at least 4 members (excludes halogenated alkanes) is 4. The molecule has 0 aromatic heterocycles. The molecular formula is C30H52N4O11. The topological polar surface area (TPSA) is 241 Å². The van der Waals surface area contributed by atoms with Crippen molar-refractivity contribution in [3.8, 4) is 0 Å². The van der Waals surface area contributed by atoms with Crippen LogP contribution in [0.1, 0.15) is 105 Å². The van der Waals surface area contributed by atoms with Gasteiger partial charge in [-0.25, -0.2) is 14.4 Å². The molecule has 0 aliphatic heterocycles. The van der Waals surface area contributed by atoms with Crippen LogP contribution in [-0.4, -0.2) is 93.1 Å². The van der Waals surface area contributed by atoms with E-state index in [1.807, 2.05) is 0 Å². The van der Waals surface area contributed by atoms with Crippen molar-refractivity contribution in [1.82, 2.24) is 21.3 Å². The minimum atomic E-state index is -1.42. The molecule has 0 radical (unpaired) electrons. The lowest BCUT2D eigenvalue weighted by Gasteiger charge is -2.21. The average molecular weight is 645 g/mol. The van der Waals surface area contributed by atoms with Gasteiger partial charge in [-0.2, -0.15) is 0 Å². The number of carbonyl (C=O) groups is 6. The number of ether oxygens (including phenoxy) is 1. The van der Waals surface area contributed by atoms with Gasteiger partial charge in [0.25, 0.3) is 0 Å². The highest BCUT2D eigenvalue weighted by atomic mass is 16.6. The molecule has 15 heteroatoms. The van der Waals surface area contributed by atoms with Crippen LogP contribution < -0.4 is 21.3 Å². The van der Waals surface area contributed by atoms with Crippen molar-refractivity contribution in [1.29, 1.82) is 0 Å². The van der Waals surface area contributed by atoms with Crippen LogP contribution in [0, 0.1) is 0 Å². The minimum absolute atomic E-state index is 0.00325. The number of hydrogen-bond donors (Lipinski definition) is 8. The van der Waals surface area contributed by atoms with Gasteiger partial charge in [0.2, 0.25) is 17.7 Å². The van der Waals surface area contributed by atoms with Crippen molar-refractivity contribution in [2.75, 3.05) is 13.2 Å². The van der Waals surface area contributed by atoms with Crippen LogP contribution >= 0.6 is 0 Å². The Labute approximate surface area is 264 Å². The van der Waals surface area contributed by atoms with E-state index in [-0.39, 0.29) is 44.3 Å². The molecule has 4 amide bonds. The molecular weight excluding hydrogens is 592 g/mol. The Hall–Kier alpha value is -3.88. The molecule has 3 unspecified atom stereocenters. The van der Waals surface area contributed by atoms with E-state index in [1.54, 1.807) is 27.7 Å². The first-order valence-corrected chi connectivity index (χ1v) is 15.4. The molecule has 0 spiro atoms. The van der Waals surface area contributed by atoms with Gasteiger partial charge in [-0.05, 0) is 59.0 Å². The summed E-state index contributed by atoms with van der Waals surface area (Å²) in [6.07, 6.45) is 4.33. The first kappa shape index (κ1) is 41.1. The maximum Gasteiger partial charge on any atom is 0.407 e. The van der Waals surface area contributed by atoms with E-state index in [4.69, 9.17) is 9.84 Å². The Balaban J connectivity index is 4.96. The molecule has 0 bridgehead atoms. The number of carboxylic acid groups (broad SMARTS) is 2. The van der Waals surface area contributed by atoms with E-state index >= 15 is 0 Å². The number of rotatable bonds is 23. The van der Waals surface area contributed by atoms with Gasteiger partial charge >= 0.3 is 18.0 Å². The van der Waals surface area contributed by atoms with E-state index in [1.165, 1.54) is 6.08 Å². The maximum atomic E-state index is 12.9. The summed E-state index contributed by atoms with van der Waals surface area (Å²) >= 11 is 0. The van der Waals surface area contributed by atoms with Gasteiger partial charge in [-0.1, -0.05) is 26.2 Å². The summed E-state index contributed by atoms with van der Waals surface area (Å²) in [4.78, 5) is 72.7. The Morgan fingerprint density at radius 3 is 1.82 bits per heavy atom. The lowest BCUT2D eigenvalue weighted by Crippen LogP contribution is -2.52. The highest BCUT2D eigenvalue weighted by Gasteiger charge is 2.28. The van der Waals surface area contributed by atoms with Crippen molar-refractivity contribution >= 4 is 35.8 Å². The fourth-order valence-corrected chi connectivity index (χ4v) is 4.07. The summed E-state index contributed by atoms with van der Waals surface area (Å²) < 4.78 is 5.17. The van der Waals surface area contributed by atoms with Crippen molar-refractivity contribution in [3.05, 3.63) is 11.8 Å². The smallest absolute Gasteiger partial charge is 0.407 e. The molecule has 0 aliphatic carbocycles. The van der Waals surface area contributed by atoms with Crippen molar-refractivity contribution in [2.24, 2.45) is 0 Å². The van der Waals surface area contributed by atoms with Gasteiger partial charge in [-0.15, -0.1) is 0 Å². The first-order chi connectivity index (χ1) is 21.1. The zero-order valence-corrected chi connectivity index (χ0v) is 26.9. The van der Waals surface area contributed by atoms with E-state index in [9.17, 15) is 44.1 Å². The second-order valence-electron chi connectivity index (χ2n) is 11.6. The molecule has 45 heavy (non-hydrogen) atoms. The standard InChI is InChI=1S/C30H52N4O11/c1-5-11-20(36)13-14-22(27(40)41)33-25(38)16-15-21(26(39)34-23(17-19-35)28(42)43)32-24(37)12-9-7-6-8-10-18-31-29(44)45-30(2,3)4/h11,21-23,35-36H,5-10,12-19H2,1-4H3,(H,31,44)(H,32,37)(H,33,38)(H,34,39)(H,40,41)(H,42,43)/b20-11-. The van der Waals surface area contributed by atoms with E-state index in [0.29, 0.717) is 25.8 Å². The number of amides is 4. The van der Waals surface area contributed by atoms with Crippen LogP contribution in [0.2, 0.25) is 0 Å². The number of aliphatic hydroxyl groups excluding tert-OH is 2. The van der Waals surface area contributed by atoms with E-state index in [2.05, 4.69) is 21.3 Å². The number of aliphatic carboxylic acids is 2. The highest BCUT2D eigenvalue weighted by molar-refractivity contribution is 5.91. The number of carbonyl (C=O) groups excluding carboxylic acids is 4. The normalized spacial score (nSPS) is 13.6. The molecule has 15 nitrogen and oxygen atoms in total. The van der Waals surface area contributed by atoms with E-state index in [0.717, 1.165) is 19.3 Å². The molecule has 8 N–H and O–H groups in total. The van der Waals surface area contributed by atoms with Crippen LogP contribution in [0.3, 0.4) is 0 Å². The lowest BCUT2D eigenvalue weighted by molar-refractivity contribution is -0.142. The molecule has 0 aromatic carbocycles. The third kappa shape index (κ3) is 21.5. The van der Waals surface area contributed by atoms with Crippen LogP contribution in [0.5, 0.6) is 0 Å². The molecule has 258 valence electrons. The summed E-state index contributed by atoms with van der Waals surface area (Å²) in [5.41, 5.74) is -0.575.